The first-order valence-electron chi connectivity index (χ1n) is 9.53. The number of benzene rings is 2. The lowest BCUT2D eigenvalue weighted by Gasteiger charge is -2.42. The zero-order valence-corrected chi connectivity index (χ0v) is 17.1. The van der Waals surface area contributed by atoms with E-state index in [4.69, 9.17) is 5.11 Å². The average Bonchev–Trinajstić information content (AvgIpc) is 2.64. The summed E-state index contributed by atoms with van der Waals surface area (Å²) < 4.78 is 0. The molecule has 28 heavy (non-hydrogen) atoms. The number of carbonyl (C=O) groups is 1. The Morgan fingerprint density at radius 1 is 1.00 bits per heavy atom. The third-order valence-corrected chi connectivity index (χ3v) is 6.02. The van der Waals surface area contributed by atoms with E-state index in [1.807, 2.05) is 13.1 Å². The number of carboxylic acid groups (broad SMARTS) is 1. The number of aryl methyl sites for hydroxylation is 1. The highest BCUT2D eigenvalue weighted by Gasteiger charge is 2.37. The molecule has 0 heterocycles. The Morgan fingerprint density at radius 2 is 1.50 bits per heavy atom. The van der Waals surface area contributed by atoms with Gasteiger partial charge in [-0.2, -0.15) is 10.3 Å². The first-order chi connectivity index (χ1) is 13.1. The van der Waals surface area contributed by atoms with Crippen molar-refractivity contribution in [3.63, 3.8) is 0 Å². The molecule has 144 valence electrons. The summed E-state index contributed by atoms with van der Waals surface area (Å²) in [5.74, 6) is -0.973. The fourth-order valence-corrected chi connectivity index (χ4v) is 4.08. The minimum atomic E-state index is -0.973. The van der Waals surface area contributed by atoms with Crippen LogP contribution >= 0.6 is 0 Å². The van der Waals surface area contributed by atoms with Gasteiger partial charge in [0.15, 0.2) is 0 Å². The van der Waals surface area contributed by atoms with Gasteiger partial charge < -0.3 is 5.11 Å². The standard InChI is InChI=1S/C24H26N2O2/c1-15-12-19-20(24(4,5)11-10-23(19,2)3)13-18(15)21(26-14-25)16-6-8-17(9-7-16)22(27)28/h6-9,12-13H,10-11H2,1-5H3,(H,27,28). The van der Waals surface area contributed by atoms with E-state index in [1.54, 1.807) is 24.3 Å². The minimum Gasteiger partial charge on any atom is -0.478 e. The Kier molecular flexibility index (Phi) is 4.89. The number of hydrogen-bond acceptors (Lipinski definition) is 3. The number of hydrogen-bond donors (Lipinski definition) is 1. The predicted octanol–water partition coefficient (Wildman–Crippen LogP) is 5.36. The molecule has 0 atom stereocenters. The quantitative estimate of drug-likeness (QED) is 0.580. The lowest BCUT2D eigenvalue weighted by atomic mass is 9.62. The second-order valence-electron chi connectivity index (χ2n) is 8.92. The maximum absolute atomic E-state index is 11.1. The van der Waals surface area contributed by atoms with E-state index in [9.17, 15) is 10.1 Å². The van der Waals surface area contributed by atoms with Crippen LogP contribution in [0, 0.1) is 18.4 Å². The fraction of sp³-hybridized carbons (Fsp3) is 0.375. The first kappa shape index (κ1) is 19.8. The Bertz CT molecular complexity index is 1010. The van der Waals surface area contributed by atoms with E-state index in [-0.39, 0.29) is 16.4 Å². The number of fused-ring (bicyclic) bond motifs is 1. The Balaban J connectivity index is 2.19. The van der Waals surface area contributed by atoms with Crippen molar-refractivity contribution in [2.24, 2.45) is 4.99 Å². The summed E-state index contributed by atoms with van der Waals surface area (Å²) in [5, 5.41) is 18.4. The minimum absolute atomic E-state index is 0.0538. The van der Waals surface area contributed by atoms with Gasteiger partial charge in [0.2, 0.25) is 6.19 Å². The van der Waals surface area contributed by atoms with Crippen LogP contribution in [-0.2, 0) is 10.8 Å². The number of rotatable bonds is 3. The molecule has 1 aliphatic rings. The molecule has 0 fully saturated rings. The number of nitrogens with zero attached hydrogens (tertiary/aromatic N) is 2. The monoisotopic (exact) mass is 374 g/mol. The third-order valence-electron chi connectivity index (χ3n) is 6.02. The summed E-state index contributed by atoms with van der Waals surface area (Å²) in [6, 6.07) is 11.0. The normalized spacial score (nSPS) is 17.5. The van der Waals surface area contributed by atoms with Crippen molar-refractivity contribution in [2.45, 2.75) is 58.3 Å². The molecular formula is C24H26N2O2. The van der Waals surface area contributed by atoms with Crippen LogP contribution < -0.4 is 0 Å². The van der Waals surface area contributed by atoms with Crippen LogP contribution in [0.2, 0.25) is 0 Å². The highest BCUT2D eigenvalue weighted by molar-refractivity contribution is 6.14. The summed E-state index contributed by atoms with van der Waals surface area (Å²) in [6.45, 7) is 11.2. The summed E-state index contributed by atoms with van der Waals surface area (Å²) in [5.41, 5.74) is 6.36. The molecule has 0 unspecified atom stereocenters. The zero-order valence-electron chi connectivity index (χ0n) is 17.1. The Hall–Kier alpha value is -2.93. The van der Waals surface area contributed by atoms with Gasteiger partial charge in [-0.15, -0.1) is 0 Å². The van der Waals surface area contributed by atoms with Gasteiger partial charge >= 0.3 is 5.97 Å². The molecule has 4 nitrogen and oxygen atoms in total. The second kappa shape index (κ2) is 6.91. The smallest absolute Gasteiger partial charge is 0.335 e. The number of aromatic carboxylic acids is 1. The Labute approximate surface area is 166 Å². The van der Waals surface area contributed by atoms with Gasteiger partial charge in [0, 0.05) is 11.1 Å². The van der Waals surface area contributed by atoms with Crippen LogP contribution in [-0.4, -0.2) is 16.8 Å². The Morgan fingerprint density at radius 3 is 2.00 bits per heavy atom. The molecule has 0 bridgehead atoms. The van der Waals surface area contributed by atoms with Gasteiger partial charge in [-0.25, -0.2) is 4.79 Å². The molecular weight excluding hydrogens is 348 g/mol. The molecule has 0 saturated heterocycles. The van der Waals surface area contributed by atoms with Crippen molar-refractivity contribution in [3.8, 4) is 6.19 Å². The van der Waals surface area contributed by atoms with Crippen LogP contribution in [0.1, 0.15) is 78.7 Å². The second-order valence-corrected chi connectivity index (χ2v) is 8.92. The maximum Gasteiger partial charge on any atom is 0.335 e. The molecule has 2 aromatic rings. The van der Waals surface area contributed by atoms with E-state index >= 15 is 0 Å². The van der Waals surface area contributed by atoms with Crippen molar-refractivity contribution in [3.05, 3.63) is 69.8 Å². The summed E-state index contributed by atoms with van der Waals surface area (Å²) in [4.78, 5) is 15.3. The van der Waals surface area contributed by atoms with Crippen molar-refractivity contribution < 1.29 is 9.90 Å². The largest absolute Gasteiger partial charge is 0.478 e. The molecule has 1 aliphatic carbocycles. The molecule has 0 aliphatic heterocycles. The number of nitriles is 1. The lowest BCUT2D eigenvalue weighted by Crippen LogP contribution is -2.34. The summed E-state index contributed by atoms with van der Waals surface area (Å²) in [6.07, 6.45) is 4.16. The molecule has 0 aromatic heterocycles. The van der Waals surface area contributed by atoms with Crippen molar-refractivity contribution in [1.82, 2.24) is 0 Å². The topological polar surface area (TPSA) is 73.5 Å². The van der Waals surface area contributed by atoms with Gasteiger partial charge in [-0.1, -0.05) is 45.9 Å². The van der Waals surface area contributed by atoms with Crippen molar-refractivity contribution >= 4 is 11.7 Å². The molecule has 0 radical (unpaired) electrons. The van der Waals surface area contributed by atoms with Crippen molar-refractivity contribution in [2.75, 3.05) is 0 Å². The van der Waals surface area contributed by atoms with Crippen LogP contribution in [0.15, 0.2) is 41.4 Å². The molecule has 4 heteroatoms. The van der Waals surface area contributed by atoms with E-state index in [1.165, 1.54) is 11.1 Å². The van der Waals surface area contributed by atoms with Gasteiger partial charge in [-0.3, -0.25) is 0 Å². The van der Waals surface area contributed by atoms with E-state index in [2.05, 4.69) is 44.8 Å². The molecule has 0 amide bonds. The van der Waals surface area contributed by atoms with Crippen LogP contribution in [0.5, 0.6) is 0 Å². The highest BCUT2D eigenvalue weighted by atomic mass is 16.4. The third kappa shape index (κ3) is 3.45. The molecule has 3 rings (SSSR count). The summed E-state index contributed by atoms with van der Waals surface area (Å²) >= 11 is 0. The summed E-state index contributed by atoms with van der Waals surface area (Å²) in [7, 11) is 0. The lowest BCUT2D eigenvalue weighted by molar-refractivity contribution is 0.0697. The molecule has 2 aromatic carbocycles. The fourth-order valence-electron chi connectivity index (χ4n) is 4.08. The van der Waals surface area contributed by atoms with Gasteiger partial charge in [0.1, 0.15) is 0 Å². The van der Waals surface area contributed by atoms with E-state index in [0.717, 1.165) is 29.5 Å². The molecule has 0 spiro atoms. The van der Waals surface area contributed by atoms with Crippen LogP contribution in [0.25, 0.3) is 0 Å². The van der Waals surface area contributed by atoms with Gasteiger partial charge in [0.25, 0.3) is 0 Å². The van der Waals surface area contributed by atoms with E-state index < -0.39 is 5.97 Å². The molecule has 0 saturated carbocycles. The predicted molar refractivity (Wildman–Crippen MR) is 111 cm³/mol. The SMILES string of the molecule is Cc1cc2c(cc1C(=NC#N)c1ccc(C(=O)O)cc1)C(C)(C)CCC2(C)C. The number of carboxylic acids is 1. The maximum atomic E-state index is 11.1. The van der Waals surface area contributed by atoms with Crippen LogP contribution in [0.3, 0.4) is 0 Å². The van der Waals surface area contributed by atoms with Gasteiger partial charge in [0.05, 0.1) is 11.3 Å². The first-order valence-corrected chi connectivity index (χ1v) is 9.53. The van der Waals surface area contributed by atoms with Crippen molar-refractivity contribution in [1.29, 1.82) is 5.26 Å². The molecule has 1 N–H and O–H groups in total. The number of aliphatic imine (C=N–C) groups is 1. The zero-order chi connectivity index (χ0) is 20.7. The van der Waals surface area contributed by atoms with E-state index in [0.29, 0.717) is 5.71 Å². The highest BCUT2D eigenvalue weighted by Crippen LogP contribution is 2.46. The van der Waals surface area contributed by atoms with Gasteiger partial charge in [-0.05, 0) is 65.5 Å². The van der Waals surface area contributed by atoms with Crippen LogP contribution in [0.4, 0.5) is 0 Å². The average molecular weight is 374 g/mol.